The standard InChI is InChI=1S/C13H11BN2O3/c1-8-15-13(16-19-8)10-5-6-11-9(7-10)3-2-4-12(11)14(17)18/h2-7,17-18H,1H3. The van der Waals surface area contributed by atoms with Gasteiger partial charge in [0.1, 0.15) is 0 Å². The monoisotopic (exact) mass is 254 g/mol. The SMILES string of the molecule is Cc1nc(-c2ccc3c(B(O)O)cccc3c2)no1. The molecular formula is C13H11BN2O3. The predicted molar refractivity (Wildman–Crippen MR) is 71.8 cm³/mol. The van der Waals surface area contributed by atoms with Gasteiger partial charge in [0, 0.05) is 12.5 Å². The van der Waals surface area contributed by atoms with Crippen LogP contribution in [0.1, 0.15) is 5.89 Å². The van der Waals surface area contributed by atoms with Gasteiger partial charge < -0.3 is 14.6 Å². The average molecular weight is 254 g/mol. The lowest BCUT2D eigenvalue weighted by molar-refractivity contribution is 0.394. The summed E-state index contributed by atoms with van der Waals surface area (Å²) in [5, 5.41) is 24.2. The van der Waals surface area contributed by atoms with E-state index < -0.39 is 7.12 Å². The number of fused-ring (bicyclic) bond motifs is 1. The molecule has 94 valence electrons. The first-order valence-corrected chi connectivity index (χ1v) is 5.84. The Labute approximate surface area is 109 Å². The number of nitrogens with zero attached hydrogens (tertiary/aromatic N) is 2. The maximum Gasteiger partial charge on any atom is 0.489 e. The van der Waals surface area contributed by atoms with Crippen molar-refractivity contribution in [3.05, 3.63) is 42.3 Å². The van der Waals surface area contributed by atoms with E-state index in [1.165, 1.54) is 0 Å². The van der Waals surface area contributed by atoms with Crippen LogP contribution >= 0.6 is 0 Å². The molecule has 6 heteroatoms. The second-order valence-corrected chi connectivity index (χ2v) is 4.29. The predicted octanol–water partition coefficient (Wildman–Crippen LogP) is 0.878. The normalized spacial score (nSPS) is 10.9. The van der Waals surface area contributed by atoms with Gasteiger partial charge in [0.15, 0.2) is 0 Å². The van der Waals surface area contributed by atoms with E-state index in [1.54, 1.807) is 19.1 Å². The molecule has 5 nitrogen and oxygen atoms in total. The van der Waals surface area contributed by atoms with Crippen LogP contribution in [0.2, 0.25) is 0 Å². The molecule has 2 N–H and O–H groups in total. The summed E-state index contributed by atoms with van der Waals surface area (Å²) in [6, 6.07) is 10.9. The lowest BCUT2D eigenvalue weighted by Crippen LogP contribution is -2.30. The summed E-state index contributed by atoms with van der Waals surface area (Å²) in [6.07, 6.45) is 0. The molecule has 0 saturated carbocycles. The van der Waals surface area contributed by atoms with Crippen molar-refractivity contribution in [3.63, 3.8) is 0 Å². The van der Waals surface area contributed by atoms with E-state index in [0.29, 0.717) is 17.2 Å². The van der Waals surface area contributed by atoms with Crippen molar-refractivity contribution in [2.45, 2.75) is 6.92 Å². The highest BCUT2D eigenvalue weighted by Crippen LogP contribution is 2.21. The molecule has 19 heavy (non-hydrogen) atoms. The van der Waals surface area contributed by atoms with E-state index in [0.717, 1.165) is 16.3 Å². The summed E-state index contributed by atoms with van der Waals surface area (Å²) in [7, 11) is -1.48. The second kappa shape index (κ2) is 4.49. The Bertz CT molecular complexity index is 740. The molecule has 0 saturated heterocycles. The fourth-order valence-corrected chi connectivity index (χ4v) is 2.09. The second-order valence-electron chi connectivity index (χ2n) is 4.29. The summed E-state index contributed by atoms with van der Waals surface area (Å²) in [6.45, 7) is 1.73. The van der Waals surface area contributed by atoms with Crippen molar-refractivity contribution in [2.75, 3.05) is 0 Å². The van der Waals surface area contributed by atoms with Crippen molar-refractivity contribution in [1.29, 1.82) is 0 Å². The summed E-state index contributed by atoms with van der Waals surface area (Å²) >= 11 is 0. The molecule has 3 aromatic rings. The Morgan fingerprint density at radius 1 is 1.16 bits per heavy atom. The maximum absolute atomic E-state index is 9.33. The van der Waals surface area contributed by atoms with Crippen LogP contribution in [-0.2, 0) is 0 Å². The summed E-state index contributed by atoms with van der Waals surface area (Å²) in [4.78, 5) is 4.17. The number of rotatable bonds is 2. The van der Waals surface area contributed by atoms with Crippen LogP contribution in [-0.4, -0.2) is 27.3 Å². The molecule has 0 atom stereocenters. The minimum absolute atomic E-state index is 0.480. The minimum Gasteiger partial charge on any atom is -0.423 e. The first kappa shape index (κ1) is 11.9. The van der Waals surface area contributed by atoms with Crippen molar-refractivity contribution in [3.8, 4) is 11.4 Å². The van der Waals surface area contributed by atoms with E-state index in [4.69, 9.17) is 4.52 Å². The van der Waals surface area contributed by atoms with Gasteiger partial charge in [0.2, 0.25) is 11.7 Å². The van der Waals surface area contributed by atoms with Gasteiger partial charge in [0.05, 0.1) is 0 Å². The first-order chi connectivity index (χ1) is 9.15. The Hall–Kier alpha value is -2.18. The van der Waals surface area contributed by atoms with Crippen LogP contribution in [0.15, 0.2) is 40.9 Å². The fourth-order valence-electron chi connectivity index (χ4n) is 2.09. The Balaban J connectivity index is 2.17. The molecule has 3 rings (SSSR count). The Kier molecular flexibility index (Phi) is 2.81. The maximum atomic E-state index is 9.33. The highest BCUT2D eigenvalue weighted by molar-refractivity contribution is 6.61. The number of hydrogen-bond acceptors (Lipinski definition) is 5. The third kappa shape index (κ3) is 2.11. The van der Waals surface area contributed by atoms with Gasteiger partial charge in [0.25, 0.3) is 0 Å². The van der Waals surface area contributed by atoms with Crippen LogP contribution in [0.4, 0.5) is 0 Å². The Morgan fingerprint density at radius 3 is 2.68 bits per heavy atom. The van der Waals surface area contributed by atoms with Crippen molar-refractivity contribution in [2.24, 2.45) is 0 Å². The fraction of sp³-hybridized carbons (Fsp3) is 0.0769. The quantitative estimate of drug-likeness (QED) is 0.663. The largest absolute Gasteiger partial charge is 0.489 e. The smallest absolute Gasteiger partial charge is 0.423 e. The third-order valence-corrected chi connectivity index (χ3v) is 2.98. The lowest BCUT2D eigenvalue weighted by atomic mass is 9.77. The zero-order chi connectivity index (χ0) is 13.4. The molecule has 0 unspecified atom stereocenters. The molecule has 0 aliphatic rings. The van der Waals surface area contributed by atoms with Gasteiger partial charge >= 0.3 is 7.12 Å². The molecule has 0 aliphatic carbocycles. The molecule has 0 aliphatic heterocycles. The molecule has 2 aromatic carbocycles. The van der Waals surface area contributed by atoms with Crippen LogP contribution in [0.3, 0.4) is 0 Å². The molecule has 0 bridgehead atoms. The molecule has 0 radical (unpaired) electrons. The van der Waals surface area contributed by atoms with Crippen LogP contribution in [0, 0.1) is 6.92 Å². The van der Waals surface area contributed by atoms with Crippen molar-refractivity contribution < 1.29 is 14.6 Å². The molecule has 0 spiro atoms. The van der Waals surface area contributed by atoms with Crippen LogP contribution in [0.25, 0.3) is 22.2 Å². The van der Waals surface area contributed by atoms with E-state index in [1.807, 2.05) is 24.3 Å². The van der Waals surface area contributed by atoms with E-state index in [9.17, 15) is 10.0 Å². The average Bonchev–Trinajstić information content (AvgIpc) is 2.84. The van der Waals surface area contributed by atoms with Crippen LogP contribution < -0.4 is 5.46 Å². The lowest BCUT2D eigenvalue weighted by Gasteiger charge is -2.06. The van der Waals surface area contributed by atoms with Gasteiger partial charge in [-0.05, 0) is 22.3 Å². The number of aromatic nitrogens is 2. The third-order valence-electron chi connectivity index (χ3n) is 2.98. The highest BCUT2D eigenvalue weighted by Gasteiger charge is 2.15. The van der Waals surface area contributed by atoms with Gasteiger partial charge in [-0.15, -0.1) is 0 Å². The summed E-state index contributed by atoms with van der Waals surface area (Å²) < 4.78 is 4.95. The zero-order valence-electron chi connectivity index (χ0n) is 10.2. The Morgan fingerprint density at radius 2 is 2.00 bits per heavy atom. The van der Waals surface area contributed by atoms with Crippen molar-refractivity contribution >= 4 is 23.4 Å². The van der Waals surface area contributed by atoms with Gasteiger partial charge in [-0.25, -0.2) is 0 Å². The molecule has 1 heterocycles. The van der Waals surface area contributed by atoms with Crippen LogP contribution in [0.5, 0.6) is 0 Å². The number of hydrogen-bond donors (Lipinski definition) is 2. The van der Waals surface area contributed by atoms with E-state index >= 15 is 0 Å². The molecule has 0 amide bonds. The summed E-state index contributed by atoms with van der Waals surface area (Å²) in [5.74, 6) is 1.03. The number of aryl methyl sites for hydroxylation is 1. The van der Waals surface area contributed by atoms with Gasteiger partial charge in [-0.1, -0.05) is 35.5 Å². The summed E-state index contributed by atoms with van der Waals surface area (Å²) in [5.41, 5.74) is 1.31. The van der Waals surface area contributed by atoms with Crippen molar-refractivity contribution in [1.82, 2.24) is 10.1 Å². The molecule has 0 fully saturated rings. The van der Waals surface area contributed by atoms with E-state index in [-0.39, 0.29) is 0 Å². The number of benzene rings is 2. The zero-order valence-corrected chi connectivity index (χ0v) is 10.2. The first-order valence-electron chi connectivity index (χ1n) is 5.84. The molecular weight excluding hydrogens is 243 g/mol. The topological polar surface area (TPSA) is 79.4 Å². The highest BCUT2D eigenvalue weighted by atomic mass is 16.5. The van der Waals surface area contributed by atoms with Gasteiger partial charge in [-0.2, -0.15) is 4.98 Å². The minimum atomic E-state index is -1.48. The van der Waals surface area contributed by atoms with E-state index in [2.05, 4.69) is 10.1 Å². The molecule has 1 aromatic heterocycles. The van der Waals surface area contributed by atoms with Gasteiger partial charge in [-0.3, -0.25) is 0 Å².